The Morgan fingerprint density at radius 2 is 1.88 bits per heavy atom. The second-order valence-corrected chi connectivity index (χ2v) is 8.21. The van der Waals surface area contributed by atoms with Gasteiger partial charge >= 0.3 is 0 Å². The predicted octanol–water partition coefficient (Wildman–Crippen LogP) is 4.07. The molecule has 4 nitrogen and oxygen atoms in total. The average Bonchev–Trinajstić information content (AvgIpc) is 2.49. The summed E-state index contributed by atoms with van der Waals surface area (Å²) in [7, 11) is -3.56. The van der Waals surface area contributed by atoms with Gasteiger partial charge in [-0.05, 0) is 30.3 Å². The Bertz CT molecular complexity index is 888. The molecule has 0 heterocycles. The number of anilines is 1. The summed E-state index contributed by atoms with van der Waals surface area (Å²) in [5.74, 6) is -1.69. The van der Waals surface area contributed by atoms with Crippen molar-refractivity contribution in [3.63, 3.8) is 0 Å². The first-order chi connectivity index (χ1) is 11.2. The molecule has 0 atom stereocenters. The number of hydrogen-bond acceptors (Lipinski definition) is 4. The van der Waals surface area contributed by atoms with Crippen molar-refractivity contribution in [3.8, 4) is 0 Å². The van der Waals surface area contributed by atoms with E-state index in [0.717, 1.165) is 30.2 Å². The molecular weight excluding hydrogens is 424 g/mol. The van der Waals surface area contributed by atoms with Crippen LogP contribution >= 0.6 is 27.7 Å². The first kappa shape index (κ1) is 18.9. The lowest BCUT2D eigenvalue weighted by Crippen LogP contribution is -2.11. The Morgan fingerprint density at radius 1 is 1.17 bits per heavy atom. The molecule has 1 N–H and O–H groups in total. The molecule has 0 aromatic heterocycles. The van der Waals surface area contributed by atoms with Gasteiger partial charge in [0.1, 0.15) is 11.6 Å². The van der Waals surface area contributed by atoms with Crippen molar-refractivity contribution in [3.05, 3.63) is 53.6 Å². The van der Waals surface area contributed by atoms with E-state index < -0.39 is 21.7 Å². The highest BCUT2D eigenvalue weighted by Crippen LogP contribution is 2.36. The molecule has 0 amide bonds. The van der Waals surface area contributed by atoms with E-state index in [1.165, 1.54) is 24.3 Å². The lowest BCUT2D eigenvalue weighted by Gasteiger charge is -2.12. The summed E-state index contributed by atoms with van der Waals surface area (Å²) in [6.07, 6.45) is 0.984. The zero-order valence-corrected chi connectivity index (χ0v) is 15.6. The Hall–Kier alpha value is -1.45. The number of ketones is 1. The molecule has 24 heavy (non-hydrogen) atoms. The lowest BCUT2D eigenvalue weighted by molar-refractivity contribution is 0.102. The molecule has 128 valence electrons. The molecule has 0 aliphatic carbocycles. The summed E-state index contributed by atoms with van der Waals surface area (Å²) in [4.78, 5) is 12.2. The maximum absolute atomic E-state index is 13.9. The molecule has 0 bridgehead atoms. The van der Waals surface area contributed by atoms with Gasteiger partial charge in [0.25, 0.3) is 0 Å². The molecular formula is C15H12BrF2NO3S2. The molecule has 0 saturated carbocycles. The van der Waals surface area contributed by atoms with Crippen LogP contribution in [-0.2, 0) is 10.0 Å². The van der Waals surface area contributed by atoms with Crippen LogP contribution in [0.2, 0.25) is 0 Å². The quantitative estimate of drug-likeness (QED) is 0.548. The molecule has 2 aromatic rings. The Kier molecular flexibility index (Phi) is 6.00. The van der Waals surface area contributed by atoms with Crippen LogP contribution in [-0.4, -0.2) is 25.8 Å². The number of hydrogen-bond donors (Lipinski definition) is 1. The highest BCUT2D eigenvalue weighted by atomic mass is 79.9. The molecule has 0 unspecified atom stereocenters. The van der Waals surface area contributed by atoms with E-state index in [4.69, 9.17) is 0 Å². The van der Waals surface area contributed by atoms with Gasteiger partial charge in [-0.3, -0.25) is 9.52 Å². The zero-order chi connectivity index (χ0) is 17.9. The molecule has 0 radical (unpaired) electrons. The van der Waals surface area contributed by atoms with Gasteiger partial charge in [-0.1, -0.05) is 27.7 Å². The van der Waals surface area contributed by atoms with Crippen LogP contribution < -0.4 is 4.72 Å². The number of carbonyl (C=O) groups is 1. The minimum Gasteiger partial charge on any atom is -0.293 e. The standard InChI is InChI=1S/C15H12BrF2NO3S2/c1-24(21,22)19-12-4-2-9(13(20)8-16)6-15(12)23-14-5-3-10(17)7-11(14)18/h2-7,19H,8H2,1H3. The number of rotatable bonds is 6. The van der Waals surface area contributed by atoms with E-state index in [1.807, 2.05) is 0 Å². The number of Topliss-reactive ketones (excluding diaryl/α,β-unsaturated/α-hetero) is 1. The number of nitrogens with one attached hydrogen (secondary N) is 1. The third kappa shape index (κ3) is 5.02. The molecule has 0 aliphatic heterocycles. The van der Waals surface area contributed by atoms with Crippen molar-refractivity contribution in [2.24, 2.45) is 0 Å². The van der Waals surface area contributed by atoms with Crippen LogP contribution in [0.5, 0.6) is 0 Å². The number of benzene rings is 2. The maximum atomic E-state index is 13.9. The van der Waals surface area contributed by atoms with E-state index >= 15 is 0 Å². The minimum absolute atomic E-state index is 0.0981. The molecule has 0 fully saturated rings. The van der Waals surface area contributed by atoms with Gasteiger partial charge < -0.3 is 0 Å². The molecule has 2 aromatic carbocycles. The highest BCUT2D eigenvalue weighted by Gasteiger charge is 2.15. The number of halogens is 3. The summed E-state index contributed by atoms with van der Waals surface area (Å²) in [6, 6.07) is 7.45. The summed E-state index contributed by atoms with van der Waals surface area (Å²) in [5, 5.41) is 0.0981. The topological polar surface area (TPSA) is 63.2 Å². The van der Waals surface area contributed by atoms with Crippen molar-refractivity contribution in [1.29, 1.82) is 0 Å². The largest absolute Gasteiger partial charge is 0.293 e. The van der Waals surface area contributed by atoms with Crippen molar-refractivity contribution >= 4 is 49.2 Å². The van der Waals surface area contributed by atoms with Crippen LogP contribution in [0.1, 0.15) is 10.4 Å². The number of alkyl halides is 1. The van der Waals surface area contributed by atoms with E-state index in [-0.39, 0.29) is 21.7 Å². The summed E-state index contributed by atoms with van der Waals surface area (Å²) < 4.78 is 52.1. The fourth-order valence-corrected chi connectivity index (χ4v) is 3.73. The van der Waals surface area contributed by atoms with Crippen LogP contribution in [0.15, 0.2) is 46.2 Å². The van der Waals surface area contributed by atoms with Crippen LogP contribution in [0.25, 0.3) is 0 Å². The SMILES string of the molecule is CS(=O)(=O)Nc1ccc(C(=O)CBr)cc1Sc1ccc(F)cc1F. The number of sulfonamides is 1. The van der Waals surface area contributed by atoms with Gasteiger partial charge in [-0.25, -0.2) is 17.2 Å². The molecule has 2 rings (SSSR count). The molecule has 0 aliphatic rings. The zero-order valence-electron chi connectivity index (χ0n) is 12.3. The first-order valence-corrected chi connectivity index (χ1v) is 10.4. The monoisotopic (exact) mass is 435 g/mol. The van der Waals surface area contributed by atoms with Crippen LogP contribution in [0, 0.1) is 11.6 Å². The van der Waals surface area contributed by atoms with Crippen molar-refractivity contribution in [1.82, 2.24) is 0 Å². The van der Waals surface area contributed by atoms with Gasteiger partial charge in [-0.2, -0.15) is 0 Å². The number of carbonyl (C=O) groups excluding carboxylic acids is 1. The molecule has 0 saturated heterocycles. The minimum atomic E-state index is -3.56. The Labute approximate surface area is 150 Å². The third-order valence-corrected chi connectivity index (χ3v) is 5.04. The van der Waals surface area contributed by atoms with Gasteiger partial charge in [0.05, 0.1) is 17.3 Å². The lowest BCUT2D eigenvalue weighted by atomic mass is 10.1. The second kappa shape index (κ2) is 7.62. The van der Waals surface area contributed by atoms with E-state index in [2.05, 4.69) is 20.7 Å². The molecule has 0 spiro atoms. The van der Waals surface area contributed by atoms with Gasteiger partial charge in [0, 0.05) is 21.4 Å². The predicted molar refractivity (Wildman–Crippen MR) is 93.5 cm³/mol. The van der Waals surface area contributed by atoms with Crippen LogP contribution in [0.3, 0.4) is 0 Å². The van der Waals surface area contributed by atoms with Gasteiger partial charge in [0.15, 0.2) is 5.78 Å². The van der Waals surface area contributed by atoms with E-state index in [1.54, 1.807) is 0 Å². The smallest absolute Gasteiger partial charge is 0.229 e. The average molecular weight is 436 g/mol. The van der Waals surface area contributed by atoms with Crippen molar-refractivity contribution < 1.29 is 22.0 Å². The fraction of sp³-hybridized carbons (Fsp3) is 0.133. The van der Waals surface area contributed by atoms with Crippen molar-refractivity contribution in [2.45, 2.75) is 9.79 Å². The van der Waals surface area contributed by atoms with Crippen LogP contribution in [0.4, 0.5) is 14.5 Å². The Balaban J connectivity index is 2.48. The molecule has 9 heteroatoms. The van der Waals surface area contributed by atoms with Crippen molar-refractivity contribution in [2.75, 3.05) is 16.3 Å². The Morgan fingerprint density at radius 3 is 2.46 bits per heavy atom. The first-order valence-electron chi connectivity index (χ1n) is 6.53. The fourth-order valence-electron chi connectivity index (χ4n) is 1.82. The normalized spacial score (nSPS) is 11.3. The highest BCUT2D eigenvalue weighted by molar-refractivity contribution is 9.09. The van der Waals surface area contributed by atoms with Gasteiger partial charge in [-0.15, -0.1) is 0 Å². The maximum Gasteiger partial charge on any atom is 0.229 e. The second-order valence-electron chi connectivity index (χ2n) is 4.82. The summed E-state index contributed by atoms with van der Waals surface area (Å²) in [6.45, 7) is 0. The van der Waals surface area contributed by atoms with Gasteiger partial charge in [0.2, 0.25) is 10.0 Å². The van der Waals surface area contributed by atoms with E-state index in [9.17, 15) is 22.0 Å². The van der Waals surface area contributed by atoms with E-state index in [0.29, 0.717) is 10.5 Å². The summed E-state index contributed by atoms with van der Waals surface area (Å²) in [5.41, 5.74) is 0.549. The third-order valence-electron chi connectivity index (χ3n) is 2.83. The summed E-state index contributed by atoms with van der Waals surface area (Å²) >= 11 is 3.96.